The van der Waals surface area contributed by atoms with Crippen LogP contribution < -0.4 is 11.1 Å². The second-order valence-corrected chi connectivity index (χ2v) is 5.26. The highest BCUT2D eigenvalue weighted by atomic mass is 16.4. The molecular weight excluding hydrogens is 220 g/mol. The van der Waals surface area contributed by atoms with Gasteiger partial charge in [-0.1, -0.05) is 20.3 Å². The van der Waals surface area contributed by atoms with Crippen molar-refractivity contribution in [3.8, 4) is 0 Å². The Bertz CT molecular complexity index is 271. The molecule has 0 fully saturated rings. The van der Waals surface area contributed by atoms with Crippen molar-refractivity contribution < 1.29 is 14.7 Å². The maximum atomic E-state index is 11.6. The van der Waals surface area contributed by atoms with Crippen LogP contribution in [0.4, 0.5) is 0 Å². The molecule has 4 N–H and O–H groups in total. The van der Waals surface area contributed by atoms with Gasteiger partial charge in [-0.3, -0.25) is 4.79 Å². The Morgan fingerprint density at radius 3 is 2.29 bits per heavy atom. The van der Waals surface area contributed by atoms with Crippen LogP contribution in [-0.4, -0.2) is 28.6 Å². The largest absolute Gasteiger partial charge is 0.480 e. The van der Waals surface area contributed by atoms with Crippen LogP contribution in [0.15, 0.2) is 0 Å². The zero-order valence-corrected chi connectivity index (χ0v) is 11.1. The normalized spacial score (nSPS) is 15.1. The van der Waals surface area contributed by atoms with Gasteiger partial charge in [0.05, 0.1) is 0 Å². The van der Waals surface area contributed by atoms with Crippen molar-refractivity contribution >= 4 is 11.9 Å². The van der Waals surface area contributed by atoms with E-state index in [2.05, 4.69) is 5.32 Å². The highest BCUT2D eigenvalue weighted by Gasteiger charge is 2.25. The Labute approximate surface area is 103 Å². The van der Waals surface area contributed by atoms with E-state index in [-0.39, 0.29) is 18.2 Å². The van der Waals surface area contributed by atoms with Gasteiger partial charge in [0.25, 0.3) is 0 Å². The molecule has 2 atom stereocenters. The van der Waals surface area contributed by atoms with Crippen LogP contribution in [0.1, 0.15) is 47.0 Å². The van der Waals surface area contributed by atoms with Gasteiger partial charge in [-0.25, -0.2) is 4.79 Å². The Morgan fingerprint density at radius 1 is 1.41 bits per heavy atom. The molecule has 0 heterocycles. The molecule has 0 aliphatic heterocycles. The predicted octanol–water partition coefficient (Wildman–Crippen LogP) is 1.12. The van der Waals surface area contributed by atoms with Crippen molar-refractivity contribution in [2.75, 3.05) is 0 Å². The number of carboxylic acids is 1. The summed E-state index contributed by atoms with van der Waals surface area (Å²) >= 11 is 0. The summed E-state index contributed by atoms with van der Waals surface area (Å²) in [6.45, 7) is 7.38. The van der Waals surface area contributed by atoms with Gasteiger partial charge in [-0.2, -0.15) is 0 Å². The Morgan fingerprint density at radius 2 is 1.94 bits per heavy atom. The molecule has 17 heavy (non-hydrogen) atoms. The summed E-state index contributed by atoms with van der Waals surface area (Å²) < 4.78 is 0. The topological polar surface area (TPSA) is 92.4 Å². The van der Waals surface area contributed by atoms with E-state index >= 15 is 0 Å². The van der Waals surface area contributed by atoms with Crippen molar-refractivity contribution in [2.45, 2.75) is 58.5 Å². The first-order valence-corrected chi connectivity index (χ1v) is 5.98. The van der Waals surface area contributed by atoms with Crippen LogP contribution in [-0.2, 0) is 9.59 Å². The van der Waals surface area contributed by atoms with Gasteiger partial charge < -0.3 is 16.2 Å². The molecule has 0 saturated carbocycles. The molecule has 0 aromatic rings. The van der Waals surface area contributed by atoms with Crippen LogP contribution in [0.3, 0.4) is 0 Å². The molecule has 5 heteroatoms. The number of hydrogen-bond acceptors (Lipinski definition) is 3. The van der Waals surface area contributed by atoms with Crippen molar-refractivity contribution in [3.63, 3.8) is 0 Å². The molecule has 2 unspecified atom stereocenters. The Hall–Kier alpha value is -1.10. The minimum Gasteiger partial charge on any atom is -0.480 e. The van der Waals surface area contributed by atoms with Gasteiger partial charge >= 0.3 is 5.97 Å². The molecule has 0 aromatic carbocycles. The Balaban J connectivity index is 4.28. The standard InChI is InChI=1S/C12H24N2O3/c1-5-8(2)10(11(16)17)14-9(15)6-7-12(3,4)13/h8,10H,5-7,13H2,1-4H3,(H,14,15)(H,16,17). The summed E-state index contributed by atoms with van der Waals surface area (Å²) in [7, 11) is 0. The first kappa shape index (κ1) is 15.9. The molecule has 0 spiro atoms. The lowest BCUT2D eigenvalue weighted by molar-refractivity contribution is -0.143. The number of carbonyl (C=O) groups is 2. The van der Waals surface area contributed by atoms with Gasteiger partial charge in [0, 0.05) is 12.0 Å². The summed E-state index contributed by atoms with van der Waals surface area (Å²) in [6.07, 6.45) is 1.50. The summed E-state index contributed by atoms with van der Waals surface area (Å²) in [5, 5.41) is 11.6. The molecule has 0 bridgehead atoms. The Kier molecular flexibility index (Phi) is 6.16. The van der Waals surface area contributed by atoms with E-state index in [1.165, 1.54) is 0 Å². The molecule has 100 valence electrons. The van der Waals surface area contributed by atoms with Crippen molar-refractivity contribution in [2.24, 2.45) is 11.7 Å². The lowest BCUT2D eigenvalue weighted by Crippen LogP contribution is -2.45. The monoisotopic (exact) mass is 244 g/mol. The van der Waals surface area contributed by atoms with Crippen LogP contribution in [0, 0.1) is 5.92 Å². The minimum absolute atomic E-state index is 0.0812. The lowest BCUT2D eigenvalue weighted by atomic mass is 9.97. The fraction of sp³-hybridized carbons (Fsp3) is 0.833. The quantitative estimate of drug-likeness (QED) is 0.625. The van der Waals surface area contributed by atoms with E-state index in [0.29, 0.717) is 12.8 Å². The van der Waals surface area contributed by atoms with E-state index in [1.54, 1.807) is 0 Å². The second-order valence-electron chi connectivity index (χ2n) is 5.26. The van der Waals surface area contributed by atoms with E-state index in [4.69, 9.17) is 10.8 Å². The van der Waals surface area contributed by atoms with E-state index < -0.39 is 17.6 Å². The number of carboxylic acid groups (broad SMARTS) is 1. The second kappa shape index (κ2) is 6.59. The van der Waals surface area contributed by atoms with Gasteiger partial charge in [0.15, 0.2) is 0 Å². The smallest absolute Gasteiger partial charge is 0.326 e. The van der Waals surface area contributed by atoms with Crippen molar-refractivity contribution in [1.29, 1.82) is 0 Å². The van der Waals surface area contributed by atoms with E-state index in [9.17, 15) is 9.59 Å². The molecule has 0 aliphatic rings. The fourth-order valence-electron chi connectivity index (χ4n) is 1.36. The summed E-state index contributed by atoms with van der Waals surface area (Å²) in [6, 6.07) is -0.812. The number of nitrogens with two attached hydrogens (primary N) is 1. The van der Waals surface area contributed by atoms with Gasteiger partial charge in [-0.05, 0) is 26.2 Å². The molecule has 0 rings (SSSR count). The van der Waals surface area contributed by atoms with Gasteiger partial charge in [0.1, 0.15) is 6.04 Å². The highest BCUT2D eigenvalue weighted by molar-refractivity contribution is 5.83. The molecule has 0 aromatic heterocycles. The highest BCUT2D eigenvalue weighted by Crippen LogP contribution is 2.10. The van der Waals surface area contributed by atoms with Gasteiger partial charge in [-0.15, -0.1) is 0 Å². The predicted molar refractivity (Wildman–Crippen MR) is 66.5 cm³/mol. The number of aliphatic carboxylic acids is 1. The molecule has 5 nitrogen and oxygen atoms in total. The molecular formula is C12H24N2O3. The van der Waals surface area contributed by atoms with Crippen molar-refractivity contribution in [1.82, 2.24) is 5.32 Å². The van der Waals surface area contributed by atoms with Crippen molar-refractivity contribution in [3.05, 3.63) is 0 Å². The zero-order chi connectivity index (χ0) is 13.6. The number of nitrogens with one attached hydrogen (secondary N) is 1. The third-order valence-electron chi connectivity index (χ3n) is 2.79. The number of carbonyl (C=O) groups excluding carboxylic acids is 1. The lowest BCUT2D eigenvalue weighted by Gasteiger charge is -2.22. The minimum atomic E-state index is -0.986. The van der Waals surface area contributed by atoms with Crippen LogP contribution in [0.25, 0.3) is 0 Å². The summed E-state index contributed by atoms with van der Waals surface area (Å²) in [5.41, 5.74) is 5.35. The number of amides is 1. The first-order valence-electron chi connectivity index (χ1n) is 5.98. The third kappa shape index (κ3) is 6.94. The van der Waals surface area contributed by atoms with Crippen LogP contribution in [0.2, 0.25) is 0 Å². The zero-order valence-electron chi connectivity index (χ0n) is 11.1. The maximum absolute atomic E-state index is 11.6. The fourth-order valence-corrected chi connectivity index (χ4v) is 1.36. The average Bonchev–Trinajstić information content (AvgIpc) is 2.20. The van der Waals surface area contributed by atoms with Crippen LogP contribution in [0.5, 0.6) is 0 Å². The number of rotatable bonds is 7. The number of hydrogen-bond donors (Lipinski definition) is 3. The SMILES string of the molecule is CCC(C)C(NC(=O)CCC(C)(C)N)C(=O)O. The molecule has 0 radical (unpaired) electrons. The molecule has 0 aliphatic carbocycles. The van der Waals surface area contributed by atoms with E-state index in [0.717, 1.165) is 0 Å². The third-order valence-corrected chi connectivity index (χ3v) is 2.79. The van der Waals surface area contributed by atoms with Crippen LogP contribution >= 0.6 is 0 Å². The molecule has 0 saturated heterocycles. The molecule has 1 amide bonds. The van der Waals surface area contributed by atoms with E-state index in [1.807, 2.05) is 27.7 Å². The summed E-state index contributed by atoms with van der Waals surface area (Å²) in [4.78, 5) is 22.6. The first-order chi connectivity index (χ1) is 7.67. The maximum Gasteiger partial charge on any atom is 0.326 e. The van der Waals surface area contributed by atoms with Gasteiger partial charge in [0.2, 0.25) is 5.91 Å². The summed E-state index contributed by atoms with van der Waals surface area (Å²) in [5.74, 6) is -1.32. The average molecular weight is 244 g/mol.